The first kappa shape index (κ1) is 16.1. The van der Waals surface area contributed by atoms with E-state index in [1.807, 2.05) is 25.1 Å². The summed E-state index contributed by atoms with van der Waals surface area (Å²) in [5.74, 6) is 0.530. The van der Waals surface area contributed by atoms with Gasteiger partial charge in [0.1, 0.15) is 17.9 Å². The predicted octanol–water partition coefficient (Wildman–Crippen LogP) is 2.35. The number of nitrogens with one attached hydrogen (secondary N) is 1. The fourth-order valence-corrected chi connectivity index (χ4v) is 2.12. The fourth-order valence-electron chi connectivity index (χ4n) is 2.00. The highest BCUT2D eigenvalue weighted by Crippen LogP contribution is 2.23. The lowest BCUT2D eigenvalue weighted by Crippen LogP contribution is -2.31. The third-order valence-electron chi connectivity index (χ3n) is 3.01. The summed E-state index contributed by atoms with van der Waals surface area (Å²) in [6.07, 6.45) is 0.601. The number of hydrogen-bond donors (Lipinski definition) is 1. The van der Waals surface area contributed by atoms with Gasteiger partial charge in [-0.1, -0.05) is 11.6 Å². The molecule has 1 aromatic carbocycles. The lowest BCUT2D eigenvalue weighted by Gasteiger charge is -2.13. The van der Waals surface area contributed by atoms with Crippen LogP contribution in [0.15, 0.2) is 18.2 Å². The van der Waals surface area contributed by atoms with Crippen molar-refractivity contribution in [2.45, 2.75) is 25.5 Å². The smallest absolute Gasteiger partial charge is 0.323 e. The van der Waals surface area contributed by atoms with E-state index in [1.54, 1.807) is 0 Å². The van der Waals surface area contributed by atoms with Crippen molar-refractivity contribution in [1.29, 1.82) is 0 Å². The largest absolute Gasteiger partial charge is 0.489 e. The molecule has 0 radical (unpaired) electrons. The van der Waals surface area contributed by atoms with Crippen LogP contribution in [0.2, 0.25) is 5.02 Å². The van der Waals surface area contributed by atoms with E-state index in [0.717, 1.165) is 16.3 Å². The van der Waals surface area contributed by atoms with E-state index in [4.69, 9.17) is 21.1 Å². The highest BCUT2D eigenvalue weighted by atomic mass is 35.5. The second-order valence-electron chi connectivity index (χ2n) is 4.37. The minimum atomic E-state index is -0.270. The molecule has 0 amide bonds. The van der Waals surface area contributed by atoms with Gasteiger partial charge in [-0.05, 0) is 30.7 Å². The number of ether oxygens (including phenoxy) is 2. The molecule has 0 aromatic heterocycles. The molecule has 0 spiro atoms. The quantitative estimate of drug-likeness (QED) is 0.871. The van der Waals surface area contributed by atoms with E-state index in [1.165, 1.54) is 7.11 Å². The molecule has 1 saturated heterocycles. The molecule has 1 aromatic rings. The summed E-state index contributed by atoms with van der Waals surface area (Å²) in [7, 11) is 1.39. The molecular weight excluding hydrogens is 289 g/mol. The van der Waals surface area contributed by atoms with Gasteiger partial charge in [0.2, 0.25) is 0 Å². The molecule has 1 fully saturated rings. The Labute approximate surface area is 123 Å². The Balaban J connectivity index is 0.00000180. The highest BCUT2D eigenvalue weighted by Gasteiger charge is 2.31. The summed E-state index contributed by atoms with van der Waals surface area (Å²) in [5.41, 5.74) is 0.977. The lowest BCUT2D eigenvalue weighted by atomic mass is 10.2. The number of benzene rings is 1. The van der Waals surface area contributed by atoms with Gasteiger partial charge in [-0.2, -0.15) is 0 Å². The van der Waals surface area contributed by atoms with E-state index in [0.29, 0.717) is 13.0 Å². The number of carbonyl (C=O) groups excluding carboxylic acids is 1. The molecule has 0 saturated carbocycles. The third-order valence-corrected chi connectivity index (χ3v) is 3.43. The second kappa shape index (κ2) is 6.98. The van der Waals surface area contributed by atoms with Crippen LogP contribution in [0.3, 0.4) is 0 Å². The number of rotatable bonds is 3. The summed E-state index contributed by atoms with van der Waals surface area (Å²) in [6, 6.07) is 5.27. The zero-order valence-electron chi connectivity index (χ0n) is 10.8. The first-order valence-electron chi connectivity index (χ1n) is 5.84. The van der Waals surface area contributed by atoms with Crippen LogP contribution in [0.5, 0.6) is 5.75 Å². The number of aryl methyl sites for hydroxylation is 1. The summed E-state index contributed by atoms with van der Waals surface area (Å²) in [5, 5.41) is 3.80. The molecule has 0 bridgehead atoms. The number of hydrogen-bond acceptors (Lipinski definition) is 4. The van der Waals surface area contributed by atoms with Gasteiger partial charge in [-0.3, -0.25) is 4.79 Å². The molecule has 2 rings (SSSR count). The molecule has 0 aliphatic carbocycles. The van der Waals surface area contributed by atoms with Crippen molar-refractivity contribution in [1.82, 2.24) is 5.32 Å². The van der Waals surface area contributed by atoms with E-state index in [2.05, 4.69) is 5.32 Å². The van der Waals surface area contributed by atoms with Crippen molar-refractivity contribution >= 4 is 30.0 Å². The average molecular weight is 306 g/mol. The molecule has 1 heterocycles. The Hall–Kier alpha value is -0.970. The van der Waals surface area contributed by atoms with Gasteiger partial charge in [-0.15, -0.1) is 12.4 Å². The van der Waals surface area contributed by atoms with Crippen LogP contribution >= 0.6 is 24.0 Å². The van der Waals surface area contributed by atoms with E-state index < -0.39 is 0 Å². The van der Waals surface area contributed by atoms with E-state index in [9.17, 15) is 4.79 Å². The monoisotopic (exact) mass is 305 g/mol. The van der Waals surface area contributed by atoms with Crippen LogP contribution in [-0.4, -0.2) is 31.8 Å². The van der Waals surface area contributed by atoms with E-state index >= 15 is 0 Å². The average Bonchev–Trinajstić information content (AvgIpc) is 2.81. The van der Waals surface area contributed by atoms with Crippen molar-refractivity contribution in [3.05, 3.63) is 28.8 Å². The summed E-state index contributed by atoms with van der Waals surface area (Å²) < 4.78 is 10.5. The van der Waals surface area contributed by atoms with Gasteiger partial charge in [0.25, 0.3) is 0 Å². The fraction of sp³-hybridized carbons (Fsp3) is 0.462. The molecule has 2 atom stereocenters. The van der Waals surface area contributed by atoms with Crippen molar-refractivity contribution in [2.24, 2.45) is 0 Å². The van der Waals surface area contributed by atoms with Crippen molar-refractivity contribution < 1.29 is 14.3 Å². The molecule has 1 aliphatic heterocycles. The Kier molecular flexibility index (Phi) is 5.91. The molecule has 19 heavy (non-hydrogen) atoms. The van der Waals surface area contributed by atoms with Crippen molar-refractivity contribution in [2.75, 3.05) is 13.7 Å². The van der Waals surface area contributed by atoms with Gasteiger partial charge in [0, 0.05) is 18.0 Å². The zero-order valence-corrected chi connectivity index (χ0v) is 12.4. The second-order valence-corrected chi connectivity index (χ2v) is 4.78. The normalized spacial score (nSPS) is 21.6. The maximum Gasteiger partial charge on any atom is 0.323 e. The molecule has 4 nitrogen and oxygen atoms in total. The standard InChI is InChI=1S/C13H16ClNO3.ClH/c1-8-5-9(3-4-11(8)14)18-10-6-12(15-7-10)13(16)17-2;/h3-5,10,12,15H,6-7H2,1-2H3;1H. The molecule has 1 N–H and O–H groups in total. The zero-order chi connectivity index (χ0) is 13.1. The van der Waals surface area contributed by atoms with Crippen molar-refractivity contribution in [3.8, 4) is 5.75 Å². The van der Waals surface area contributed by atoms with Crippen LogP contribution in [-0.2, 0) is 9.53 Å². The highest BCUT2D eigenvalue weighted by molar-refractivity contribution is 6.31. The lowest BCUT2D eigenvalue weighted by molar-refractivity contribution is -0.142. The Morgan fingerprint density at radius 2 is 2.21 bits per heavy atom. The van der Waals surface area contributed by atoms with Crippen LogP contribution in [0, 0.1) is 6.92 Å². The topological polar surface area (TPSA) is 47.6 Å². The van der Waals surface area contributed by atoms with E-state index in [-0.39, 0.29) is 30.5 Å². The van der Waals surface area contributed by atoms with Crippen LogP contribution in [0.1, 0.15) is 12.0 Å². The summed E-state index contributed by atoms with van der Waals surface area (Å²) in [4.78, 5) is 11.4. The number of methoxy groups -OCH3 is 1. The minimum Gasteiger partial charge on any atom is -0.489 e. The van der Waals surface area contributed by atoms with Gasteiger partial charge in [0.05, 0.1) is 7.11 Å². The molecule has 1 aliphatic rings. The minimum absolute atomic E-state index is 0. The molecular formula is C13H17Cl2NO3. The molecule has 2 unspecified atom stereocenters. The molecule has 6 heteroatoms. The first-order valence-corrected chi connectivity index (χ1v) is 6.22. The predicted molar refractivity (Wildman–Crippen MR) is 76.3 cm³/mol. The van der Waals surface area contributed by atoms with Gasteiger partial charge >= 0.3 is 5.97 Å². The van der Waals surface area contributed by atoms with Gasteiger partial charge in [-0.25, -0.2) is 0 Å². The number of halogens is 2. The van der Waals surface area contributed by atoms with Gasteiger partial charge in [0.15, 0.2) is 0 Å². The van der Waals surface area contributed by atoms with Crippen LogP contribution in [0.25, 0.3) is 0 Å². The summed E-state index contributed by atoms with van der Waals surface area (Å²) in [6.45, 7) is 2.57. The summed E-state index contributed by atoms with van der Waals surface area (Å²) >= 11 is 5.95. The van der Waals surface area contributed by atoms with Crippen molar-refractivity contribution in [3.63, 3.8) is 0 Å². The first-order chi connectivity index (χ1) is 8.60. The van der Waals surface area contributed by atoms with Crippen LogP contribution < -0.4 is 10.1 Å². The number of esters is 1. The Bertz CT molecular complexity index is 454. The number of carbonyl (C=O) groups is 1. The third kappa shape index (κ3) is 4.00. The maximum absolute atomic E-state index is 11.4. The SMILES string of the molecule is COC(=O)C1CC(Oc2ccc(Cl)c(C)c2)CN1.Cl. The maximum atomic E-state index is 11.4. The Morgan fingerprint density at radius 1 is 1.47 bits per heavy atom. The Morgan fingerprint density at radius 3 is 2.84 bits per heavy atom. The molecule has 106 valence electrons. The van der Waals surface area contributed by atoms with Gasteiger partial charge < -0.3 is 14.8 Å². The van der Waals surface area contributed by atoms with Crippen LogP contribution in [0.4, 0.5) is 0 Å².